The van der Waals surface area contributed by atoms with Crippen molar-refractivity contribution in [3.05, 3.63) is 72.0 Å². The predicted octanol–water partition coefficient (Wildman–Crippen LogP) is 5.44. The quantitative estimate of drug-likeness (QED) is 0.527. The summed E-state index contributed by atoms with van der Waals surface area (Å²) in [5, 5.41) is 0.948. The van der Waals surface area contributed by atoms with Crippen molar-refractivity contribution in [1.29, 1.82) is 0 Å². The first-order valence-electron chi connectivity index (χ1n) is 12.6. The number of amides is 2. The van der Waals surface area contributed by atoms with E-state index in [0.717, 1.165) is 49.5 Å². The Bertz CT molecular complexity index is 1200. The highest BCUT2D eigenvalue weighted by atomic mass is 16.3. The molecule has 2 bridgehead atoms. The molecule has 0 spiro atoms. The lowest BCUT2D eigenvalue weighted by atomic mass is 9.69. The summed E-state index contributed by atoms with van der Waals surface area (Å²) in [4.78, 5) is 31.5. The van der Waals surface area contributed by atoms with Gasteiger partial charge in [0.05, 0.1) is 12.1 Å². The van der Waals surface area contributed by atoms with Gasteiger partial charge in [0.15, 0.2) is 5.76 Å². The van der Waals surface area contributed by atoms with Crippen LogP contribution in [0, 0.1) is 5.41 Å². The fourth-order valence-electron chi connectivity index (χ4n) is 7.31. The van der Waals surface area contributed by atoms with Crippen molar-refractivity contribution in [3.63, 3.8) is 0 Å². The molecular formula is C29H32N2O3. The molecule has 1 saturated carbocycles. The van der Waals surface area contributed by atoms with Crippen molar-refractivity contribution in [1.82, 2.24) is 9.80 Å². The smallest absolute Gasteiger partial charge is 0.290 e. The molecule has 34 heavy (non-hydrogen) atoms. The molecule has 2 aliphatic heterocycles. The first-order valence-corrected chi connectivity index (χ1v) is 12.6. The second-order valence-corrected chi connectivity index (χ2v) is 10.6. The van der Waals surface area contributed by atoms with E-state index in [-0.39, 0.29) is 41.4 Å². The number of rotatable bonds is 3. The van der Waals surface area contributed by atoms with E-state index >= 15 is 0 Å². The minimum atomic E-state index is -0.0955. The monoisotopic (exact) mass is 456 g/mol. The van der Waals surface area contributed by atoms with Gasteiger partial charge in [-0.3, -0.25) is 9.59 Å². The zero-order valence-corrected chi connectivity index (χ0v) is 19.9. The molecule has 0 radical (unpaired) electrons. The van der Waals surface area contributed by atoms with E-state index in [1.807, 2.05) is 36.4 Å². The van der Waals surface area contributed by atoms with Gasteiger partial charge in [0.2, 0.25) is 5.91 Å². The van der Waals surface area contributed by atoms with Crippen LogP contribution in [0.1, 0.15) is 62.1 Å². The topological polar surface area (TPSA) is 53.8 Å². The molecule has 3 aliphatic rings. The van der Waals surface area contributed by atoms with Gasteiger partial charge in [0, 0.05) is 29.8 Å². The molecule has 5 heteroatoms. The lowest BCUT2D eigenvalue weighted by Gasteiger charge is -2.50. The molecule has 1 aliphatic carbocycles. The van der Waals surface area contributed by atoms with Gasteiger partial charge in [0.25, 0.3) is 5.91 Å². The zero-order valence-electron chi connectivity index (χ0n) is 19.9. The fraction of sp³-hybridized carbons (Fsp3) is 0.448. The van der Waals surface area contributed by atoms with E-state index in [1.54, 1.807) is 6.92 Å². The van der Waals surface area contributed by atoms with Gasteiger partial charge in [-0.1, -0.05) is 68.3 Å². The van der Waals surface area contributed by atoms with Crippen LogP contribution in [0.5, 0.6) is 0 Å². The summed E-state index contributed by atoms with van der Waals surface area (Å²) in [6.45, 7) is 4.03. The third kappa shape index (κ3) is 3.20. The number of hydrogen-bond acceptors (Lipinski definition) is 3. The van der Waals surface area contributed by atoms with Gasteiger partial charge in [-0.05, 0) is 43.4 Å². The summed E-state index contributed by atoms with van der Waals surface area (Å²) in [5.74, 6) is 0.505. The first kappa shape index (κ1) is 21.5. The van der Waals surface area contributed by atoms with Crippen LogP contribution in [-0.2, 0) is 11.2 Å². The van der Waals surface area contributed by atoms with Crippen LogP contribution in [0.2, 0.25) is 0 Å². The molecule has 176 valence electrons. The lowest BCUT2D eigenvalue weighted by molar-refractivity contribution is -0.141. The second-order valence-electron chi connectivity index (χ2n) is 10.6. The van der Waals surface area contributed by atoms with Crippen molar-refractivity contribution in [2.24, 2.45) is 5.41 Å². The van der Waals surface area contributed by atoms with Gasteiger partial charge in [0.1, 0.15) is 5.58 Å². The normalized spacial score (nSPS) is 30.4. The van der Waals surface area contributed by atoms with E-state index in [2.05, 4.69) is 41.0 Å². The van der Waals surface area contributed by atoms with Crippen LogP contribution in [0.25, 0.3) is 11.0 Å². The van der Waals surface area contributed by atoms with E-state index < -0.39 is 0 Å². The maximum absolute atomic E-state index is 14.1. The van der Waals surface area contributed by atoms with Crippen LogP contribution in [0.3, 0.4) is 0 Å². The molecule has 2 aromatic carbocycles. The number of carbonyl (C=O) groups excluding carboxylic acids is 2. The van der Waals surface area contributed by atoms with E-state index in [0.29, 0.717) is 5.76 Å². The molecule has 3 fully saturated rings. The minimum absolute atomic E-state index is 0.0193. The molecule has 0 unspecified atom stereocenters. The summed E-state index contributed by atoms with van der Waals surface area (Å²) >= 11 is 0. The molecule has 0 N–H and O–H groups in total. The molecular weight excluding hydrogens is 424 g/mol. The molecule has 5 atom stereocenters. The molecule has 1 aromatic heterocycles. The Hall–Kier alpha value is -3.08. The zero-order chi connectivity index (χ0) is 23.4. The van der Waals surface area contributed by atoms with Crippen molar-refractivity contribution in [2.45, 2.75) is 76.5 Å². The highest BCUT2D eigenvalue weighted by Crippen LogP contribution is 2.56. The highest BCUT2D eigenvalue weighted by Gasteiger charge is 2.63. The van der Waals surface area contributed by atoms with Gasteiger partial charge in [-0.2, -0.15) is 0 Å². The van der Waals surface area contributed by atoms with Crippen molar-refractivity contribution >= 4 is 22.8 Å². The van der Waals surface area contributed by atoms with Crippen LogP contribution in [0.4, 0.5) is 0 Å². The van der Waals surface area contributed by atoms with Crippen LogP contribution in [0.15, 0.2) is 65.1 Å². The number of piperidine rings is 1. The lowest BCUT2D eigenvalue weighted by Crippen LogP contribution is -2.61. The van der Waals surface area contributed by atoms with Crippen LogP contribution in [-0.4, -0.2) is 45.8 Å². The van der Waals surface area contributed by atoms with Crippen molar-refractivity contribution < 1.29 is 14.0 Å². The number of carbonyl (C=O) groups is 2. The number of para-hydroxylation sites is 1. The average molecular weight is 457 g/mol. The molecule has 6 rings (SSSR count). The molecule has 3 heterocycles. The Balaban J connectivity index is 1.46. The van der Waals surface area contributed by atoms with Crippen molar-refractivity contribution in [3.8, 4) is 0 Å². The summed E-state index contributed by atoms with van der Waals surface area (Å²) < 4.78 is 6.05. The number of likely N-dealkylation sites (tertiary alicyclic amines) is 2. The second kappa shape index (κ2) is 8.00. The largest absolute Gasteiger partial charge is 0.451 e. The third-order valence-corrected chi connectivity index (χ3v) is 8.73. The van der Waals surface area contributed by atoms with Gasteiger partial charge in [-0.25, -0.2) is 0 Å². The third-order valence-electron chi connectivity index (χ3n) is 8.73. The number of nitrogens with zero attached hydrogens (tertiary/aromatic N) is 2. The van der Waals surface area contributed by atoms with Gasteiger partial charge in [-0.15, -0.1) is 0 Å². The van der Waals surface area contributed by atoms with Crippen LogP contribution < -0.4 is 0 Å². The summed E-state index contributed by atoms with van der Waals surface area (Å²) in [6.07, 6.45) is 5.87. The number of hydrogen-bond donors (Lipinski definition) is 0. The standard InChI is InChI=1S/C29H32N2O3/c1-19(32)30-22(16-20-10-4-3-5-11-20)23-18-29(2)26(30)14-8-9-15-27(29)31(23)28(33)25-17-21-12-6-7-13-24(21)34-25/h3-7,10-13,17,22-23,26-27H,8-9,14-16,18H2,1-2H3/t22-,23-,26+,27-,29+/m0/s1. The SMILES string of the molecule is CC(=O)N1[C@@H](Cc2ccccc2)[C@@H]2C[C@@]3(C)[C@H](CCCC[C@@H]13)N2C(=O)c1cc2ccccc2o1. The average Bonchev–Trinajstić information content (AvgIpc) is 3.32. The van der Waals surface area contributed by atoms with Crippen LogP contribution >= 0.6 is 0 Å². The van der Waals surface area contributed by atoms with Gasteiger partial charge >= 0.3 is 0 Å². The maximum atomic E-state index is 14.1. The minimum Gasteiger partial charge on any atom is -0.451 e. The highest BCUT2D eigenvalue weighted by molar-refractivity contribution is 5.97. The Kier molecular flexibility index (Phi) is 5.05. The summed E-state index contributed by atoms with van der Waals surface area (Å²) in [6, 6.07) is 20.3. The Morgan fingerprint density at radius 2 is 1.65 bits per heavy atom. The molecule has 3 aromatic rings. The van der Waals surface area contributed by atoms with E-state index in [4.69, 9.17) is 4.42 Å². The Morgan fingerprint density at radius 1 is 0.971 bits per heavy atom. The summed E-state index contributed by atoms with van der Waals surface area (Å²) in [7, 11) is 0. The number of fused-ring (bicyclic) bond motifs is 2. The van der Waals surface area contributed by atoms with E-state index in [1.165, 1.54) is 5.56 Å². The predicted molar refractivity (Wildman–Crippen MR) is 131 cm³/mol. The Labute approximate surface area is 200 Å². The summed E-state index contributed by atoms with van der Waals surface area (Å²) in [5.41, 5.74) is 1.85. The molecule has 2 saturated heterocycles. The number of furan rings is 1. The Morgan fingerprint density at radius 3 is 2.35 bits per heavy atom. The first-order chi connectivity index (χ1) is 16.5. The molecule has 2 amide bonds. The maximum Gasteiger partial charge on any atom is 0.290 e. The van der Waals surface area contributed by atoms with E-state index in [9.17, 15) is 9.59 Å². The molecule has 5 nitrogen and oxygen atoms in total. The fourth-order valence-corrected chi connectivity index (χ4v) is 7.31. The van der Waals surface area contributed by atoms with Crippen molar-refractivity contribution in [2.75, 3.05) is 0 Å². The number of benzene rings is 2. The van der Waals surface area contributed by atoms with Gasteiger partial charge < -0.3 is 14.2 Å².